The Bertz CT molecular complexity index is 966. The van der Waals surface area contributed by atoms with Crippen LogP contribution < -0.4 is 0 Å². The van der Waals surface area contributed by atoms with Gasteiger partial charge in [0.1, 0.15) is 0 Å². The first-order chi connectivity index (χ1) is 13.3. The van der Waals surface area contributed by atoms with Crippen LogP contribution in [-0.4, -0.2) is 29.5 Å². The van der Waals surface area contributed by atoms with Gasteiger partial charge in [-0.25, -0.2) is 0 Å². The molecule has 0 amide bonds. The molecule has 0 spiro atoms. The number of hydrogen-bond acceptors (Lipinski definition) is 1. The fraction of sp³-hybridized carbons (Fsp3) is 0.360. The third-order valence-corrected chi connectivity index (χ3v) is 6.63. The Morgan fingerprint density at radius 2 is 1.81 bits per heavy atom. The average Bonchev–Trinajstić information content (AvgIpc) is 3.07. The molecule has 2 unspecified atom stereocenters. The van der Waals surface area contributed by atoms with E-state index >= 15 is 0 Å². The summed E-state index contributed by atoms with van der Waals surface area (Å²) >= 11 is 0. The summed E-state index contributed by atoms with van der Waals surface area (Å²) < 4.78 is 0. The van der Waals surface area contributed by atoms with Crippen LogP contribution in [0.5, 0.6) is 0 Å². The van der Waals surface area contributed by atoms with Crippen molar-refractivity contribution in [2.75, 3.05) is 19.6 Å². The largest absolute Gasteiger partial charge is 0.358 e. The van der Waals surface area contributed by atoms with Crippen LogP contribution in [0.3, 0.4) is 0 Å². The van der Waals surface area contributed by atoms with Crippen molar-refractivity contribution < 1.29 is 0 Å². The maximum atomic E-state index is 3.67. The summed E-state index contributed by atoms with van der Waals surface area (Å²) in [6.45, 7) is 5.94. The summed E-state index contributed by atoms with van der Waals surface area (Å²) in [5.41, 5.74) is 7.27. The molecule has 138 valence electrons. The molecular weight excluding hydrogens is 328 g/mol. The Hall–Kier alpha value is -2.32. The zero-order valence-corrected chi connectivity index (χ0v) is 16.1. The molecule has 1 aliphatic carbocycles. The summed E-state index contributed by atoms with van der Waals surface area (Å²) in [6, 6.07) is 19.7. The molecule has 1 aliphatic heterocycles. The molecule has 2 atom stereocenters. The maximum Gasteiger partial charge on any atom is 0.0458 e. The van der Waals surface area contributed by atoms with Gasteiger partial charge in [-0.05, 0) is 53.9 Å². The number of hydrogen-bond donors (Lipinski definition) is 1. The van der Waals surface area contributed by atoms with Crippen molar-refractivity contribution in [3.8, 4) is 0 Å². The lowest BCUT2D eigenvalue weighted by Crippen LogP contribution is -2.38. The molecule has 5 rings (SSSR count). The lowest BCUT2D eigenvalue weighted by Gasteiger charge is -2.35. The molecule has 0 saturated heterocycles. The Morgan fingerprint density at radius 3 is 2.63 bits per heavy atom. The number of nitrogens with one attached hydrogen (secondary N) is 1. The molecule has 1 aromatic heterocycles. The first kappa shape index (κ1) is 16.8. The first-order valence-corrected chi connectivity index (χ1v) is 10.3. The van der Waals surface area contributed by atoms with Gasteiger partial charge in [0.15, 0.2) is 0 Å². The number of aromatic nitrogens is 1. The lowest BCUT2D eigenvalue weighted by molar-refractivity contribution is 0.200. The van der Waals surface area contributed by atoms with E-state index in [-0.39, 0.29) is 0 Å². The van der Waals surface area contributed by atoms with Gasteiger partial charge < -0.3 is 4.98 Å². The number of nitrogens with zero attached hydrogens (tertiary/aromatic N) is 1. The summed E-state index contributed by atoms with van der Waals surface area (Å²) in [4.78, 5) is 6.33. The van der Waals surface area contributed by atoms with Crippen LogP contribution in [-0.2, 0) is 12.8 Å². The number of aromatic amines is 1. The highest BCUT2D eigenvalue weighted by Gasteiger charge is 2.29. The minimum atomic E-state index is 0.741. The Labute approximate surface area is 161 Å². The van der Waals surface area contributed by atoms with Gasteiger partial charge >= 0.3 is 0 Å². The molecule has 1 N–H and O–H groups in total. The second-order valence-electron chi connectivity index (χ2n) is 8.38. The molecule has 0 bridgehead atoms. The van der Waals surface area contributed by atoms with Gasteiger partial charge in [0.2, 0.25) is 0 Å². The predicted octanol–water partition coefficient (Wildman–Crippen LogP) is 5.31. The fourth-order valence-corrected chi connectivity index (χ4v) is 4.98. The summed E-state index contributed by atoms with van der Waals surface area (Å²) in [7, 11) is 0. The first-order valence-electron chi connectivity index (χ1n) is 10.3. The molecule has 2 heteroatoms. The lowest BCUT2D eigenvalue weighted by atomic mass is 9.78. The number of H-pyrrole nitrogens is 1. The molecule has 27 heavy (non-hydrogen) atoms. The predicted molar refractivity (Wildman–Crippen MR) is 114 cm³/mol. The Kier molecular flexibility index (Phi) is 4.37. The molecule has 2 aliphatic rings. The smallest absolute Gasteiger partial charge is 0.0458 e. The van der Waals surface area contributed by atoms with Crippen LogP contribution in [0.15, 0.2) is 60.7 Å². The molecule has 2 heterocycles. The second-order valence-corrected chi connectivity index (χ2v) is 8.38. The highest BCUT2D eigenvalue weighted by molar-refractivity contribution is 5.84. The van der Waals surface area contributed by atoms with Crippen LogP contribution in [0, 0.1) is 11.8 Å². The van der Waals surface area contributed by atoms with E-state index < -0.39 is 0 Å². The Balaban J connectivity index is 1.30. The van der Waals surface area contributed by atoms with Gasteiger partial charge in [-0.15, -0.1) is 0 Å². The molecule has 2 aromatic carbocycles. The molecular formula is C25H28N2. The topological polar surface area (TPSA) is 19.0 Å². The minimum absolute atomic E-state index is 0.741. The SMILES string of the molecule is CC1Cc2[nH]c3ccccc3c2CC1CN1CC=C(c2ccccc2)CC1. The minimum Gasteiger partial charge on any atom is -0.358 e. The van der Waals surface area contributed by atoms with E-state index in [0.29, 0.717) is 0 Å². The van der Waals surface area contributed by atoms with Gasteiger partial charge in [-0.2, -0.15) is 0 Å². The highest BCUT2D eigenvalue weighted by Crippen LogP contribution is 2.35. The zero-order chi connectivity index (χ0) is 18.2. The fourth-order valence-electron chi connectivity index (χ4n) is 4.98. The van der Waals surface area contributed by atoms with Gasteiger partial charge in [-0.3, -0.25) is 4.90 Å². The van der Waals surface area contributed by atoms with Crippen molar-refractivity contribution in [3.63, 3.8) is 0 Å². The number of rotatable bonds is 3. The van der Waals surface area contributed by atoms with Crippen molar-refractivity contribution in [1.82, 2.24) is 9.88 Å². The monoisotopic (exact) mass is 356 g/mol. The molecule has 3 aromatic rings. The number of fused-ring (bicyclic) bond motifs is 3. The normalized spacial score (nSPS) is 23.2. The molecule has 0 saturated carbocycles. The van der Waals surface area contributed by atoms with Gasteiger partial charge in [0, 0.05) is 36.2 Å². The second kappa shape index (κ2) is 7.01. The average molecular weight is 357 g/mol. The zero-order valence-electron chi connectivity index (χ0n) is 16.1. The van der Waals surface area contributed by atoms with Crippen LogP contribution >= 0.6 is 0 Å². The third kappa shape index (κ3) is 3.23. The number of para-hydroxylation sites is 1. The number of benzene rings is 2. The standard InChI is InChI=1S/C25H28N2/c1-18-15-25-23(22-9-5-6-10-24(22)26-25)16-21(18)17-27-13-11-20(12-14-27)19-7-3-2-4-8-19/h2-11,18,21,26H,12-17H2,1H3. The Morgan fingerprint density at radius 1 is 1.00 bits per heavy atom. The van der Waals surface area contributed by atoms with E-state index in [0.717, 1.165) is 18.4 Å². The van der Waals surface area contributed by atoms with E-state index in [9.17, 15) is 0 Å². The summed E-state index contributed by atoms with van der Waals surface area (Å²) in [6.07, 6.45) is 6.02. The van der Waals surface area contributed by atoms with E-state index in [2.05, 4.69) is 77.5 Å². The van der Waals surface area contributed by atoms with Gasteiger partial charge in [-0.1, -0.05) is 61.5 Å². The quantitative estimate of drug-likeness (QED) is 0.674. The van der Waals surface area contributed by atoms with Gasteiger partial charge in [0.05, 0.1) is 0 Å². The van der Waals surface area contributed by atoms with Crippen molar-refractivity contribution >= 4 is 16.5 Å². The molecule has 0 radical (unpaired) electrons. The van der Waals surface area contributed by atoms with E-state index in [4.69, 9.17) is 0 Å². The highest BCUT2D eigenvalue weighted by atomic mass is 15.1. The van der Waals surface area contributed by atoms with Crippen molar-refractivity contribution in [2.45, 2.75) is 26.2 Å². The third-order valence-electron chi connectivity index (χ3n) is 6.63. The van der Waals surface area contributed by atoms with E-state index in [1.807, 2.05) is 0 Å². The van der Waals surface area contributed by atoms with Crippen LogP contribution in [0.1, 0.15) is 30.2 Å². The van der Waals surface area contributed by atoms with Crippen LogP contribution in [0.4, 0.5) is 0 Å². The van der Waals surface area contributed by atoms with Crippen molar-refractivity contribution in [1.29, 1.82) is 0 Å². The molecule has 2 nitrogen and oxygen atoms in total. The summed E-state index contributed by atoms with van der Waals surface area (Å²) in [5.74, 6) is 1.49. The van der Waals surface area contributed by atoms with E-state index in [1.54, 1.807) is 5.56 Å². The van der Waals surface area contributed by atoms with Gasteiger partial charge in [0.25, 0.3) is 0 Å². The van der Waals surface area contributed by atoms with Crippen molar-refractivity contribution in [2.24, 2.45) is 11.8 Å². The van der Waals surface area contributed by atoms with Crippen LogP contribution in [0.2, 0.25) is 0 Å². The van der Waals surface area contributed by atoms with Crippen LogP contribution in [0.25, 0.3) is 16.5 Å². The van der Waals surface area contributed by atoms with E-state index in [1.165, 1.54) is 60.1 Å². The summed E-state index contributed by atoms with van der Waals surface area (Å²) in [5, 5.41) is 1.44. The maximum absolute atomic E-state index is 3.67. The van der Waals surface area contributed by atoms with Crippen molar-refractivity contribution in [3.05, 3.63) is 77.5 Å². The molecule has 0 fully saturated rings.